The van der Waals surface area contributed by atoms with Crippen molar-refractivity contribution < 1.29 is 0 Å². The van der Waals surface area contributed by atoms with E-state index in [1.165, 1.54) is 24.9 Å². The van der Waals surface area contributed by atoms with E-state index in [2.05, 4.69) is 53.9 Å². The number of likely N-dealkylation sites (tertiary alicyclic amines) is 1. The summed E-state index contributed by atoms with van der Waals surface area (Å²) < 4.78 is 0. The second-order valence-electron chi connectivity index (χ2n) is 5.66. The lowest BCUT2D eigenvalue weighted by molar-refractivity contribution is 0.128. The number of hydrogen-bond donors (Lipinski definition) is 1. The first-order valence-electron chi connectivity index (χ1n) is 7.36. The maximum absolute atomic E-state index is 5.47. The molecule has 1 unspecified atom stereocenters. The molecule has 0 spiro atoms. The molecular weight excluding hydrogens is 246 g/mol. The molecule has 0 radical (unpaired) electrons. The average Bonchev–Trinajstić information content (AvgIpc) is 2.46. The van der Waals surface area contributed by atoms with Crippen LogP contribution in [0.3, 0.4) is 0 Å². The largest absolute Gasteiger partial charge is 0.320 e. The van der Waals surface area contributed by atoms with Gasteiger partial charge < -0.3 is 10.6 Å². The minimum atomic E-state index is 0.417. The van der Waals surface area contributed by atoms with Crippen molar-refractivity contribution >= 4 is 0 Å². The van der Waals surface area contributed by atoms with Crippen LogP contribution in [0.15, 0.2) is 24.3 Å². The lowest BCUT2D eigenvalue weighted by Gasteiger charge is -2.36. The molecule has 1 heterocycles. The van der Waals surface area contributed by atoms with Gasteiger partial charge in [-0.1, -0.05) is 30.0 Å². The molecule has 3 heteroatoms. The van der Waals surface area contributed by atoms with Crippen LogP contribution in [0, 0.1) is 11.8 Å². The van der Waals surface area contributed by atoms with Gasteiger partial charge in [0, 0.05) is 24.7 Å². The first kappa shape index (κ1) is 15.1. The molecule has 0 aliphatic carbocycles. The van der Waals surface area contributed by atoms with E-state index < -0.39 is 0 Å². The molecule has 0 bridgehead atoms. The van der Waals surface area contributed by atoms with Crippen molar-refractivity contribution in [3.63, 3.8) is 0 Å². The van der Waals surface area contributed by atoms with Crippen molar-refractivity contribution in [3.8, 4) is 11.8 Å². The number of rotatable bonds is 3. The molecule has 1 fully saturated rings. The maximum atomic E-state index is 5.47. The third kappa shape index (κ3) is 4.08. The molecule has 1 aromatic rings. The summed E-state index contributed by atoms with van der Waals surface area (Å²) in [6, 6.07) is 9.08. The van der Waals surface area contributed by atoms with Gasteiger partial charge in [0.2, 0.25) is 0 Å². The van der Waals surface area contributed by atoms with Crippen LogP contribution in [0.4, 0.5) is 0 Å². The Kier molecular flexibility index (Phi) is 5.60. The number of likely N-dealkylation sites (N-methyl/N-ethyl adjacent to an activating group) is 1. The number of hydrogen-bond acceptors (Lipinski definition) is 3. The summed E-state index contributed by atoms with van der Waals surface area (Å²) >= 11 is 0. The van der Waals surface area contributed by atoms with Crippen LogP contribution in [0.2, 0.25) is 0 Å². The Hall–Kier alpha value is -1.34. The van der Waals surface area contributed by atoms with Gasteiger partial charge in [0.05, 0.1) is 6.54 Å². The van der Waals surface area contributed by atoms with E-state index in [1.807, 2.05) is 6.07 Å². The van der Waals surface area contributed by atoms with Gasteiger partial charge in [0.1, 0.15) is 0 Å². The monoisotopic (exact) mass is 271 g/mol. The van der Waals surface area contributed by atoms with Gasteiger partial charge in [-0.25, -0.2) is 0 Å². The average molecular weight is 271 g/mol. The fraction of sp³-hybridized carbons (Fsp3) is 0.529. The fourth-order valence-electron chi connectivity index (χ4n) is 2.76. The minimum absolute atomic E-state index is 0.417. The topological polar surface area (TPSA) is 32.5 Å². The van der Waals surface area contributed by atoms with E-state index in [4.69, 9.17) is 5.73 Å². The van der Waals surface area contributed by atoms with Crippen molar-refractivity contribution in [2.75, 3.05) is 33.7 Å². The van der Waals surface area contributed by atoms with Gasteiger partial charge in [0.25, 0.3) is 0 Å². The molecular formula is C17H25N3. The minimum Gasteiger partial charge on any atom is -0.320 e. The smallest absolute Gasteiger partial charge is 0.0555 e. The highest BCUT2D eigenvalue weighted by atomic mass is 15.2. The Morgan fingerprint density at radius 1 is 1.35 bits per heavy atom. The number of benzene rings is 1. The standard InChI is InChI=1S/C17H25N3/c1-19(2)17-10-6-12-20(14-17)13-16-8-4-3-7-15(16)9-5-11-18/h3-4,7-8,17H,6,10-14,18H2,1-2H3. The number of nitrogens with zero attached hydrogens (tertiary/aromatic N) is 2. The Morgan fingerprint density at radius 2 is 2.15 bits per heavy atom. The zero-order valence-corrected chi connectivity index (χ0v) is 12.6. The van der Waals surface area contributed by atoms with Crippen LogP contribution >= 0.6 is 0 Å². The summed E-state index contributed by atoms with van der Waals surface area (Å²) in [5, 5.41) is 0. The molecule has 0 amide bonds. The Morgan fingerprint density at radius 3 is 2.90 bits per heavy atom. The second-order valence-corrected chi connectivity index (χ2v) is 5.66. The van der Waals surface area contributed by atoms with E-state index in [1.54, 1.807) is 0 Å². The van der Waals surface area contributed by atoms with Gasteiger partial charge in [0.15, 0.2) is 0 Å². The molecule has 1 aromatic carbocycles. The molecule has 1 aliphatic heterocycles. The summed E-state index contributed by atoms with van der Waals surface area (Å²) in [7, 11) is 4.35. The molecule has 1 aliphatic rings. The molecule has 1 saturated heterocycles. The van der Waals surface area contributed by atoms with E-state index in [9.17, 15) is 0 Å². The molecule has 20 heavy (non-hydrogen) atoms. The van der Waals surface area contributed by atoms with Crippen molar-refractivity contribution in [1.29, 1.82) is 0 Å². The van der Waals surface area contributed by atoms with Crippen LogP contribution < -0.4 is 5.73 Å². The molecule has 3 nitrogen and oxygen atoms in total. The normalized spacial score (nSPS) is 19.7. The molecule has 108 valence electrons. The van der Waals surface area contributed by atoms with E-state index in [-0.39, 0.29) is 0 Å². The Balaban J connectivity index is 2.06. The zero-order valence-electron chi connectivity index (χ0n) is 12.6. The highest BCUT2D eigenvalue weighted by Crippen LogP contribution is 2.18. The third-order valence-corrected chi connectivity index (χ3v) is 3.95. The quantitative estimate of drug-likeness (QED) is 0.846. The van der Waals surface area contributed by atoms with Gasteiger partial charge in [-0.15, -0.1) is 0 Å². The van der Waals surface area contributed by atoms with E-state index in [0.717, 1.165) is 18.7 Å². The summed E-state index contributed by atoms with van der Waals surface area (Å²) in [5.41, 5.74) is 7.90. The Labute approximate surface area is 122 Å². The summed E-state index contributed by atoms with van der Waals surface area (Å²) in [4.78, 5) is 4.88. The van der Waals surface area contributed by atoms with E-state index in [0.29, 0.717) is 12.6 Å². The van der Waals surface area contributed by atoms with Gasteiger partial charge in [-0.05, 0) is 45.1 Å². The highest BCUT2D eigenvalue weighted by molar-refractivity contribution is 5.41. The predicted octanol–water partition coefficient (Wildman–Crippen LogP) is 1.52. The lowest BCUT2D eigenvalue weighted by Crippen LogP contribution is -2.44. The summed E-state index contributed by atoms with van der Waals surface area (Å²) in [6.07, 6.45) is 2.58. The number of piperidine rings is 1. The van der Waals surface area contributed by atoms with Crippen molar-refractivity contribution in [2.24, 2.45) is 5.73 Å². The van der Waals surface area contributed by atoms with Crippen LogP contribution in [0.25, 0.3) is 0 Å². The molecule has 2 N–H and O–H groups in total. The maximum Gasteiger partial charge on any atom is 0.0555 e. The molecule has 0 saturated carbocycles. The fourth-order valence-corrected chi connectivity index (χ4v) is 2.76. The van der Waals surface area contributed by atoms with Crippen LogP contribution in [-0.4, -0.2) is 49.6 Å². The Bertz CT molecular complexity index is 484. The highest BCUT2D eigenvalue weighted by Gasteiger charge is 2.21. The van der Waals surface area contributed by atoms with Crippen molar-refractivity contribution in [2.45, 2.75) is 25.4 Å². The lowest BCUT2D eigenvalue weighted by atomic mass is 10.0. The molecule has 1 atom stereocenters. The summed E-state index contributed by atoms with van der Waals surface area (Å²) in [5.74, 6) is 6.14. The third-order valence-electron chi connectivity index (χ3n) is 3.95. The van der Waals surface area contributed by atoms with Crippen molar-refractivity contribution in [3.05, 3.63) is 35.4 Å². The molecule has 2 rings (SSSR count). The van der Waals surface area contributed by atoms with Gasteiger partial charge >= 0.3 is 0 Å². The first-order chi connectivity index (χ1) is 9.70. The predicted molar refractivity (Wildman–Crippen MR) is 84.4 cm³/mol. The molecule has 0 aromatic heterocycles. The van der Waals surface area contributed by atoms with Crippen LogP contribution in [0.5, 0.6) is 0 Å². The first-order valence-corrected chi connectivity index (χ1v) is 7.36. The van der Waals surface area contributed by atoms with Crippen molar-refractivity contribution in [1.82, 2.24) is 9.80 Å². The number of nitrogens with two attached hydrogens (primary N) is 1. The van der Waals surface area contributed by atoms with Gasteiger partial charge in [-0.3, -0.25) is 4.90 Å². The SMILES string of the molecule is CN(C)C1CCCN(Cc2ccccc2C#CCN)C1. The summed E-state index contributed by atoms with van der Waals surface area (Å²) in [6.45, 7) is 3.73. The second kappa shape index (κ2) is 7.44. The zero-order chi connectivity index (χ0) is 14.4. The van der Waals surface area contributed by atoms with Gasteiger partial charge in [-0.2, -0.15) is 0 Å². The van der Waals surface area contributed by atoms with Crippen LogP contribution in [-0.2, 0) is 6.54 Å². The van der Waals surface area contributed by atoms with E-state index >= 15 is 0 Å². The van der Waals surface area contributed by atoms with Crippen LogP contribution in [0.1, 0.15) is 24.0 Å².